The molecule has 1 heterocycles. The second-order valence-corrected chi connectivity index (χ2v) is 11.5. The van der Waals surface area contributed by atoms with Crippen molar-refractivity contribution in [2.75, 3.05) is 6.16 Å². The molecule has 0 spiro atoms. The van der Waals surface area contributed by atoms with Crippen LogP contribution in [0, 0.1) is 27.7 Å². The van der Waals surface area contributed by atoms with Crippen molar-refractivity contribution < 1.29 is 4.79 Å². The summed E-state index contributed by atoms with van der Waals surface area (Å²) in [6, 6.07) is 20.0. The molecule has 154 valence electrons. The van der Waals surface area contributed by atoms with Crippen LogP contribution in [-0.4, -0.2) is 17.6 Å². The number of Topliss-reactive ketones (excluding diaryl/α,β-unsaturated/α-hetero) is 1. The van der Waals surface area contributed by atoms with Gasteiger partial charge in [-0.05, 0) is 89.3 Å². The van der Waals surface area contributed by atoms with Gasteiger partial charge in [0.1, 0.15) is 5.78 Å². The Kier molecular flexibility index (Phi) is 5.94. The molecule has 0 radical (unpaired) electrons. The number of carbonyl (C=O) groups excluding carboxylic acids is 1. The summed E-state index contributed by atoms with van der Waals surface area (Å²) in [7, 11) is -0.414. The van der Waals surface area contributed by atoms with Gasteiger partial charge in [0.15, 0.2) is 0 Å². The van der Waals surface area contributed by atoms with Gasteiger partial charge in [-0.1, -0.05) is 69.4 Å². The van der Waals surface area contributed by atoms with Gasteiger partial charge >= 0.3 is 0 Å². The smallest absolute Gasteiger partial charge is 0.133 e. The first-order chi connectivity index (χ1) is 14.4. The van der Waals surface area contributed by atoms with Gasteiger partial charge in [0.05, 0.1) is 0 Å². The monoisotopic (exact) mass is 414 g/mol. The molecule has 1 saturated heterocycles. The van der Waals surface area contributed by atoms with Gasteiger partial charge in [0, 0.05) is 12.8 Å². The first-order valence-corrected chi connectivity index (χ1v) is 12.5. The first kappa shape index (κ1) is 21.0. The zero-order valence-electron chi connectivity index (χ0n) is 18.8. The van der Waals surface area contributed by atoms with Crippen LogP contribution >= 0.6 is 7.92 Å². The topological polar surface area (TPSA) is 17.1 Å². The fourth-order valence-corrected chi connectivity index (χ4v) is 8.09. The summed E-state index contributed by atoms with van der Waals surface area (Å²) >= 11 is 0. The zero-order chi connectivity index (χ0) is 21.4. The molecule has 0 aromatic heterocycles. The highest BCUT2D eigenvalue weighted by Gasteiger charge is 2.31. The number of benzene rings is 3. The summed E-state index contributed by atoms with van der Waals surface area (Å²) in [5.41, 5.74) is 11.2. The van der Waals surface area contributed by atoms with Crippen LogP contribution in [0.25, 0.3) is 22.3 Å². The third-order valence-corrected chi connectivity index (χ3v) is 9.52. The van der Waals surface area contributed by atoms with Crippen LogP contribution in [0.2, 0.25) is 0 Å². The minimum absolute atomic E-state index is 0.414. The number of hydrogen-bond donors (Lipinski definition) is 0. The average Bonchev–Trinajstić information content (AvgIpc) is 2.68. The Balaban J connectivity index is 2.04. The molecule has 1 aliphatic rings. The van der Waals surface area contributed by atoms with Gasteiger partial charge in [0.25, 0.3) is 0 Å². The van der Waals surface area contributed by atoms with E-state index in [0.717, 1.165) is 19.0 Å². The molecule has 30 heavy (non-hydrogen) atoms. The Morgan fingerprint density at radius 1 is 0.733 bits per heavy atom. The van der Waals surface area contributed by atoms with Crippen molar-refractivity contribution in [2.24, 2.45) is 0 Å². The molecular formula is C28H31OP. The normalized spacial score (nSPS) is 19.2. The lowest BCUT2D eigenvalue weighted by Crippen LogP contribution is -2.26. The van der Waals surface area contributed by atoms with E-state index in [-0.39, 0.29) is 0 Å². The van der Waals surface area contributed by atoms with E-state index in [9.17, 15) is 4.79 Å². The van der Waals surface area contributed by atoms with Crippen LogP contribution in [0.1, 0.15) is 42.0 Å². The molecule has 3 aromatic carbocycles. The van der Waals surface area contributed by atoms with Crippen molar-refractivity contribution in [3.05, 3.63) is 76.9 Å². The molecule has 2 unspecified atom stereocenters. The van der Waals surface area contributed by atoms with Gasteiger partial charge in [-0.25, -0.2) is 0 Å². The third kappa shape index (κ3) is 3.77. The summed E-state index contributed by atoms with van der Waals surface area (Å²) in [5.74, 6) is 0.430. The van der Waals surface area contributed by atoms with Crippen molar-refractivity contribution in [1.29, 1.82) is 0 Å². The molecule has 0 aliphatic carbocycles. The Hall–Kier alpha value is -2.24. The molecule has 2 heteroatoms. The Bertz CT molecular complexity index is 1000. The minimum atomic E-state index is -0.414. The Labute approximate surface area is 182 Å². The second-order valence-electron chi connectivity index (χ2n) is 8.77. The van der Waals surface area contributed by atoms with Gasteiger partial charge < -0.3 is 0 Å². The molecule has 0 N–H and O–H groups in total. The molecule has 0 amide bonds. The molecule has 3 aromatic rings. The summed E-state index contributed by atoms with van der Waals surface area (Å²) in [4.78, 5) is 12.2. The fraction of sp³-hybridized carbons (Fsp3) is 0.321. The lowest BCUT2D eigenvalue weighted by Gasteiger charge is -2.33. The summed E-state index contributed by atoms with van der Waals surface area (Å²) in [5, 5.41) is 1.50. The lowest BCUT2D eigenvalue weighted by molar-refractivity contribution is -0.118. The zero-order valence-corrected chi connectivity index (χ0v) is 19.6. The van der Waals surface area contributed by atoms with E-state index in [0.29, 0.717) is 11.4 Å². The van der Waals surface area contributed by atoms with Gasteiger partial charge in [-0.15, -0.1) is 0 Å². The Morgan fingerprint density at radius 2 is 1.17 bits per heavy atom. The molecule has 4 rings (SSSR count). The maximum absolute atomic E-state index is 12.2. The molecular weight excluding hydrogens is 383 g/mol. The van der Waals surface area contributed by atoms with E-state index in [4.69, 9.17) is 0 Å². The lowest BCUT2D eigenvalue weighted by atomic mass is 9.90. The fourth-order valence-electron chi connectivity index (χ4n) is 5.07. The van der Waals surface area contributed by atoms with E-state index >= 15 is 0 Å². The molecule has 1 fully saturated rings. The van der Waals surface area contributed by atoms with Crippen LogP contribution < -0.4 is 5.30 Å². The predicted molar refractivity (Wildman–Crippen MR) is 131 cm³/mol. The molecule has 2 atom stereocenters. The van der Waals surface area contributed by atoms with E-state index in [1.807, 2.05) is 0 Å². The van der Waals surface area contributed by atoms with Crippen LogP contribution in [0.4, 0.5) is 0 Å². The first-order valence-electron chi connectivity index (χ1n) is 10.9. The van der Waals surface area contributed by atoms with Gasteiger partial charge in [0.2, 0.25) is 0 Å². The van der Waals surface area contributed by atoms with E-state index < -0.39 is 7.92 Å². The van der Waals surface area contributed by atoms with E-state index in [2.05, 4.69) is 89.2 Å². The second kappa shape index (κ2) is 8.48. The summed E-state index contributed by atoms with van der Waals surface area (Å²) in [6.07, 6.45) is 2.46. The summed E-state index contributed by atoms with van der Waals surface area (Å²) in [6.45, 7) is 11.2. The molecule has 1 nitrogen and oxygen atoms in total. The van der Waals surface area contributed by atoms with Crippen molar-refractivity contribution in [2.45, 2.75) is 53.1 Å². The molecule has 0 bridgehead atoms. The highest BCUT2D eigenvalue weighted by molar-refractivity contribution is 7.67. The standard InChI is InChI=1S/C28H31OP/c1-18-9-6-10-19(2)26(18)24-13-8-14-25(27-20(3)11-7-12-21(27)4)28(24)30-16-15-23(29)17-22(30)5/h6-14,22H,15-17H2,1-5H3. The van der Waals surface area contributed by atoms with Crippen LogP contribution in [0.5, 0.6) is 0 Å². The molecule has 0 saturated carbocycles. The van der Waals surface area contributed by atoms with Crippen molar-refractivity contribution >= 4 is 19.0 Å². The van der Waals surface area contributed by atoms with Crippen molar-refractivity contribution in [3.8, 4) is 22.3 Å². The maximum atomic E-state index is 12.2. The van der Waals surface area contributed by atoms with Crippen molar-refractivity contribution in [1.82, 2.24) is 0 Å². The maximum Gasteiger partial charge on any atom is 0.133 e. The SMILES string of the molecule is Cc1cccc(C)c1-c1cccc(-c2c(C)cccc2C)c1P1CCC(=O)CC1C. The number of carbonyl (C=O) groups is 1. The van der Waals surface area contributed by atoms with Crippen LogP contribution in [-0.2, 0) is 4.79 Å². The van der Waals surface area contributed by atoms with E-state index in [1.165, 1.54) is 49.8 Å². The van der Waals surface area contributed by atoms with Gasteiger partial charge in [-0.3, -0.25) is 4.79 Å². The van der Waals surface area contributed by atoms with Gasteiger partial charge in [-0.2, -0.15) is 0 Å². The quantitative estimate of drug-likeness (QED) is 0.417. The number of ketones is 1. The van der Waals surface area contributed by atoms with Crippen molar-refractivity contribution in [3.63, 3.8) is 0 Å². The van der Waals surface area contributed by atoms with E-state index in [1.54, 1.807) is 0 Å². The third-order valence-electron chi connectivity index (χ3n) is 6.51. The largest absolute Gasteiger partial charge is 0.300 e. The summed E-state index contributed by atoms with van der Waals surface area (Å²) < 4.78 is 0. The number of hydrogen-bond acceptors (Lipinski definition) is 1. The van der Waals surface area contributed by atoms with Crippen LogP contribution in [0.15, 0.2) is 54.6 Å². The Morgan fingerprint density at radius 3 is 1.60 bits per heavy atom. The highest BCUT2D eigenvalue weighted by Crippen LogP contribution is 2.51. The minimum Gasteiger partial charge on any atom is -0.300 e. The average molecular weight is 415 g/mol. The molecule has 1 aliphatic heterocycles. The van der Waals surface area contributed by atoms with Crippen LogP contribution in [0.3, 0.4) is 0 Å². The highest BCUT2D eigenvalue weighted by atomic mass is 31.1. The predicted octanol–water partition coefficient (Wildman–Crippen LogP) is 7.11. The number of rotatable bonds is 3. The number of aryl methyl sites for hydroxylation is 4.